The van der Waals surface area contributed by atoms with Crippen LogP contribution in [0.15, 0.2) is 0 Å². The maximum atomic E-state index is 12.1. The molecule has 1 atom stereocenters. The molecule has 0 spiro atoms. The lowest BCUT2D eigenvalue weighted by molar-refractivity contribution is -0.130. The summed E-state index contributed by atoms with van der Waals surface area (Å²) in [4.78, 5) is 35.6. The fraction of sp³-hybridized carbons (Fsp3) is 0.812. The Morgan fingerprint density at radius 2 is 1.61 bits per heavy atom. The molecule has 0 aromatic carbocycles. The van der Waals surface area contributed by atoms with Crippen molar-refractivity contribution >= 4 is 17.6 Å². The van der Waals surface area contributed by atoms with E-state index in [4.69, 9.17) is 5.73 Å². The highest BCUT2D eigenvalue weighted by Gasteiger charge is 2.22. The number of nitrogens with one attached hydrogen (secondary N) is 3. The molecule has 7 nitrogen and oxygen atoms in total. The number of carbonyl (C=O) groups is 3. The van der Waals surface area contributed by atoms with Gasteiger partial charge in [0.15, 0.2) is 5.78 Å². The molecule has 7 heteroatoms. The minimum Gasteiger partial charge on any atom is -0.346 e. The van der Waals surface area contributed by atoms with E-state index in [1.807, 2.05) is 27.7 Å². The second-order valence-corrected chi connectivity index (χ2v) is 6.27. The number of carbonyl (C=O) groups excluding carboxylic acids is 3. The van der Waals surface area contributed by atoms with Crippen LogP contribution in [0.2, 0.25) is 0 Å². The molecule has 0 saturated heterocycles. The van der Waals surface area contributed by atoms with Crippen molar-refractivity contribution in [2.75, 3.05) is 19.6 Å². The predicted octanol–water partition coefficient (Wildman–Crippen LogP) is -0.0605. The first kappa shape index (κ1) is 21.5. The fourth-order valence-electron chi connectivity index (χ4n) is 1.96. The first-order chi connectivity index (χ1) is 10.8. The topological polar surface area (TPSA) is 113 Å². The number of Topliss-reactive ketones (excluding diaryl/α,β-unsaturated/α-hetero) is 1. The van der Waals surface area contributed by atoms with E-state index in [9.17, 15) is 14.4 Å². The normalized spacial score (nSPS) is 12.3. The summed E-state index contributed by atoms with van der Waals surface area (Å²) in [6.45, 7) is 8.09. The summed E-state index contributed by atoms with van der Waals surface area (Å²) in [5.74, 6) is -0.746. The standard InChI is InChI=1S/C16H32N4O3/c1-11(2)16(23)13(7-5-6-8-17)20-15(22)10-19-14(21)9-18-12(3)4/h11-13,18H,5-10,17H2,1-4H3,(H,19,21)(H,20,22)/t13-/m0/s1. The maximum absolute atomic E-state index is 12.1. The Kier molecular flexibility index (Phi) is 11.2. The molecule has 0 saturated carbocycles. The summed E-state index contributed by atoms with van der Waals surface area (Å²) in [5, 5.41) is 8.21. The zero-order valence-electron chi connectivity index (χ0n) is 14.8. The van der Waals surface area contributed by atoms with E-state index in [0.29, 0.717) is 13.0 Å². The predicted molar refractivity (Wildman–Crippen MR) is 90.8 cm³/mol. The Hall–Kier alpha value is -1.47. The minimum atomic E-state index is -0.514. The number of hydrogen-bond donors (Lipinski definition) is 4. The molecule has 5 N–H and O–H groups in total. The number of unbranched alkanes of at least 4 members (excludes halogenated alkanes) is 1. The van der Waals surface area contributed by atoms with Gasteiger partial charge in [-0.15, -0.1) is 0 Å². The Morgan fingerprint density at radius 3 is 2.13 bits per heavy atom. The lowest BCUT2D eigenvalue weighted by atomic mass is 9.97. The molecule has 23 heavy (non-hydrogen) atoms. The van der Waals surface area contributed by atoms with Gasteiger partial charge in [0.2, 0.25) is 11.8 Å². The molecule has 0 aliphatic heterocycles. The SMILES string of the molecule is CC(C)NCC(=O)NCC(=O)N[C@@H](CCCCN)C(=O)C(C)C. The van der Waals surface area contributed by atoms with Crippen LogP contribution in [-0.4, -0.2) is 49.3 Å². The highest BCUT2D eigenvalue weighted by molar-refractivity contribution is 5.92. The summed E-state index contributed by atoms with van der Waals surface area (Å²) in [6.07, 6.45) is 2.17. The second kappa shape index (κ2) is 12.0. The monoisotopic (exact) mass is 328 g/mol. The van der Waals surface area contributed by atoms with Crippen molar-refractivity contribution in [3.63, 3.8) is 0 Å². The Balaban J connectivity index is 4.30. The first-order valence-electron chi connectivity index (χ1n) is 8.31. The third-order valence-electron chi connectivity index (χ3n) is 3.31. The lowest BCUT2D eigenvalue weighted by Gasteiger charge is -2.19. The Labute approximate surface area is 139 Å². The van der Waals surface area contributed by atoms with Crippen molar-refractivity contribution < 1.29 is 14.4 Å². The smallest absolute Gasteiger partial charge is 0.239 e. The van der Waals surface area contributed by atoms with Crippen LogP contribution in [0.25, 0.3) is 0 Å². The van der Waals surface area contributed by atoms with Crippen LogP contribution < -0.4 is 21.7 Å². The summed E-state index contributed by atoms with van der Waals surface area (Å²) < 4.78 is 0. The number of hydrogen-bond acceptors (Lipinski definition) is 5. The molecule has 0 radical (unpaired) electrons. The van der Waals surface area contributed by atoms with Crippen LogP contribution in [0.3, 0.4) is 0 Å². The summed E-state index contributed by atoms with van der Waals surface area (Å²) in [5.41, 5.74) is 5.46. The van der Waals surface area contributed by atoms with Crippen molar-refractivity contribution in [1.29, 1.82) is 0 Å². The van der Waals surface area contributed by atoms with Gasteiger partial charge >= 0.3 is 0 Å². The van der Waals surface area contributed by atoms with Crippen LogP contribution in [0, 0.1) is 5.92 Å². The minimum absolute atomic E-state index is 0.00294. The molecule has 0 aliphatic carbocycles. The van der Waals surface area contributed by atoms with Crippen LogP contribution in [-0.2, 0) is 14.4 Å². The second-order valence-electron chi connectivity index (χ2n) is 6.27. The van der Waals surface area contributed by atoms with Gasteiger partial charge < -0.3 is 21.7 Å². The van der Waals surface area contributed by atoms with Crippen LogP contribution >= 0.6 is 0 Å². The van der Waals surface area contributed by atoms with Crippen molar-refractivity contribution in [3.05, 3.63) is 0 Å². The third-order valence-corrected chi connectivity index (χ3v) is 3.31. The van der Waals surface area contributed by atoms with Crippen molar-refractivity contribution in [3.8, 4) is 0 Å². The highest BCUT2D eigenvalue weighted by atomic mass is 16.2. The van der Waals surface area contributed by atoms with E-state index in [-0.39, 0.29) is 42.6 Å². The van der Waals surface area contributed by atoms with Gasteiger partial charge in [0, 0.05) is 12.0 Å². The number of nitrogens with two attached hydrogens (primary N) is 1. The van der Waals surface area contributed by atoms with E-state index >= 15 is 0 Å². The van der Waals surface area contributed by atoms with Crippen LogP contribution in [0.4, 0.5) is 0 Å². The molecule has 0 rings (SSSR count). The average molecular weight is 328 g/mol. The quantitative estimate of drug-likeness (QED) is 0.375. The van der Waals surface area contributed by atoms with Gasteiger partial charge in [0.1, 0.15) is 0 Å². The lowest BCUT2D eigenvalue weighted by Crippen LogP contribution is -2.48. The molecule has 0 fully saturated rings. The number of ketones is 1. The first-order valence-corrected chi connectivity index (χ1v) is 8.31. The van der Waals surface area contributed by atoms with E-state index in [1.165, 1.54) is 0 Å². The molecular formula is C16H32N4O3. The molecule has 2 amide bonds. The molecule has 134 valence electrons. The molecular weight excluding hydrogens is 296 g/mol. The highest BCUT2D eigenvalue weighted by Crippen LogP contribution is 2.07. The van der Waals surface area contributed by atoms with Gasteiger partial charge in [0.05, 0.1) is 19.1 Å². The van der Waals surface area contributed by atoms with E-state index in [1.54, 1.807) is 0 Å². The Bertz CT molecular complexity index is 384. The molecule has 0 aliphatic rings. The zero-order valence-corrected chi connectivity index (χ0v) is 14.8. The van der Waals surface area contributed by atoms with Crippen molar-refractivity contribution in [1.82, 2.24) is 16.0 Å². The molecule has 0 heterocycles. The van der Waals surface area contributed by atoms with Gasteiger partial charge in [-0.05, 0) is 25.8 Å². The van der Waals surface area contributed by atoms with Crippen LogP contribution in [0.5, 0.6) is 0 Å². The summed E-state index contributed by atoms with van der Waals surface area (Å²) >= 11 is 0. The van der Waals surface area contributed by atoms with E-state index < -0.39 is 6.04 Å². The van der Waals surface area contributed by atoms with Crippen molar-refractivity contribution in [2.45, 2.75) is 59.0 Å². The van der Waals surface area contributed by atoms with Gasteiger partial charge in [-0.25, -0.2) is 0 Å². The van der Waals surface area contributed by atoms with E-state index in [0.717, 1.165) is 12.8 Å². The number of amides is 2. The number of rotatable bonds is 12. The summed E-state index contributed by atoms with van der Waals surface area (Å²) in [6, 6.07) is -0.315. The van der Waals surface area contributed by atoms with Gasteiger partial charge in [-0.1, -0.05) is 27.7 Å². The fourth-order valence-corrected chi connectivity index (χ4v) is 1.96. The third kappa shape index (κ3) is 10.8. The van der Waals surface area contributed by atoms with Crippen molar-refractivity contribution in [2.24, 2.45) is 11.7 Å². The van der Waals surface area contributed by atoms with Crippen LogP contribution in [0.1, 0.15) is 47.0 Å². The average Bonchev–Trinajstić information content (AvgIpc) is 2.49. The molecule has 0 aromatic rings. The zero-order chi connectivity index (χ0) is 17.8. The molecule has 0 unspecified atom stereocenters. The largest absolute Gasteiger partial charge is 0.346 e. The summed E-state index contributed by atoms with van der Waals surface area (Å²) in [7, 11) is 0. The molecule has 0 aromatic heterocycles. The van der Waals surface area contributed by atoms with E-state index in [2.05, 4.69) is 16.0 Å². The maximum Gasteiger partial charge on any atom is 0.239 e. The van der Waals surface area contributed by atoms with Gasteiger partial charge in [-0.2, -0.15) is 0 Å². The molecule has 0 bridgehead atoms. The van der Waals surface area contributed by atoms with Gasteiger partial charge in [0.25, 0.3) is 0 Å². The Morgan fingerprint density at radius 1 is 0.957 bits per heavy atom. The van der Waals surface area contributed by atoms with Gasteiger partial charge in [-0.3, -0.25) is 14.4 Å².